The zero-order valence-electron chi connectivity index (χ0n) is 24.6. The summed E-state index contributed by atoms with van der Waals surface area (Å²) >= 11 is 6.39. The van der Waals surface area contributed by atoms with Crippen LogP contribution in [-0.2, 0) is 10.9 Å². The predicted molar refractivity (Wildman–Crippen MR) is 186 cm³/mol. The molecule has 2 aromatic heterocycles. The van der Waals surface area contributed by atoms with E-state index >= 15 is 0 Å². The third-order valence-corrected chi connectivity index (χ3v) is 13.9. The zero-order chi connectivity index (χ0) is 30.0. The molecule has 218 valence electrons. The number of aryl methyl sites for hydroxylation is 1. The van der Waals surface area contributed by atoms with E-state index in [1.165, 1.54) is 0 Å². The number of anilines is 2. The van der Waals surface area contributed by atoms with Gasteiger partial charge in [-0.3, -0.25) is 19.5 Å². The standard InChI is InChI=1S/C32H36ClN4O2P3/c1-6-36(7-2)21-24-19-26(14-16-30(24)38)37(29-18-22(3)35-28-20-25(33)13-15-27(28)29)41(4)39-42(5,40)31-12-8-10-23-11-9-17-34-32(23)31/h8-20H,6-7,21,40H2,1-5H3/p+1. The highest BCUT2D eigenvalue weighted by atomic mass is 35.5. The Morgan fingerprint density at radius 3 is 2.55 bits per heavy atom. The lowest BCUT2D eigenvalue weighted by Gasteiger charge is -2.33. The molecule has 0 amide bonds. The Bertz CT molecular complexity index is 1720. The van der Waals surface area contributed by atoms with E-state index in [4.69, 9.17) is 25.9 Å². The second kappa shape index (κ2) is 13.1. The summed E-state index contributed by atoms with van der Waals surface area (Å²) in [7, 11) is -0.382. The van der Waals surface area contributed by atoms with Crippen molar-refractivity contribution in [3.8, 4) is 5.75 Å². The number of benzene rings is 3. The van der Waals surface area contributed by atoms with E-state index in [1.54, 1.807) is 6.07 Å². The number of fused-ring (bicyclic) bond motifs is 2. The number of pyridine rings is 2. The fourth-order valence-corrected chi connectivity index (χ4v) is 11.8. The molecule has 0 aliphatic carbocycles. The molecule has 0 saturated heterocycles. The number of hydrogen-bond donors (Lipinski definition) is 1. The molecule has 2 heterocycles. The molecule has 0 saturated carbocycles. The summed E-state index contributed by atoms with van der Waals surface area (Å²) in [6.07, 6.45) is 1.84. The lowest BCUT2D eigenvalue weighted by Crippen LogP contribution is -2.22. The number of hydrogen-bond acceptors (Lipinski definition) is 6. The van der Waals surface area contributed by atoms with Gasteiger partial charge in [-0.1, -0.05) is 43.6 Å². The Balaban J connectivity index is 1.65. The first-order chi connectivity index (χ1) is 20.1. The molecule has 0 fully saturated rings. The van der Waals surface area contributed by atoms with E-state index in [1.807, 2.05) is 43.5 Å². The summed E-state index contributed by atoms with van der Waals surface area (Å²) in [6.45, 7) is 13.1. The van der Waals surface area contributed by atoms with Crippen LogP contribution in [0, 0.1) is 6.92 Å². The molecule has 10 heteroatoms. The lowest BCUT2D eigenvalue weighted by atomic mass is 10.1. The third kappa shape index (κ3) is 6.56. The van der Waals surface area contributed by atoms with Gasteiger partial charge in [-0.05, 0) is 74.6 Å². The van der Waals surface area contributed by atoms with E-state index in [-0.39, 0.29) is 0 Å². The molecular weight excluding hydrogens is 601 g/mol. The van der Waals surface area contributed by atoms with Gasteiger partial charge in [0, 0.05) is 52.1 Å². The summed E-state index contributed by atoms with van der Waals surface area (Å²) in [4.78, 5) is 11.8. The largest absolute Gasteiger partial charge is 0.508 e. The third-order valence-electron chi connectivity index (χ3n) is 7.36. The smallest absolute Gasteiger partial charge is 0.195 e. The molecule has 0 aliphatic heterocycles. The summed E-state index contributed by atoms with van der Waals surface area (Å²) < 4.78 is 9.38. The van der Waals surface area contributed by atoms with Gasteiger partial charge < -0.3 is 5.11 Å². The van der Waals surface area contributed by atoms with E-state index < -0.39 is 15.5 Å². The maximum atomic E-state index is 10.8. The quantitative estimate of drug-likeness (QED) is 0.154. The Morgan fingerprint density at radius 1 is 1.02 bits per heavy atom. The molecule has 5 aromatic rings. The van der Waals surface area contributed by atoms with Crippen molar-refractivity contribution in [1.29, 1.82) is 0 Å². The highest BCUT2D eigenvalue weighted by Crippen LogP contribution is 2.72. The van der Waals surface area contributed by atoms with Crippen LogP contribution >= 0.6 is 36.0 Å². The van der Waals surface area contributed by atoms with Gasteiger partial charge in [0.15, 0.2) is 20.8 Å². The Hall–Kier alpha value is -2.42. The van der Waals surface area contributed by atoms with Crippen molar-refractivity contribution in [1.82, 2.24) is 14.9 Å². The highest BCUT2D eigenvalue weighted by molar-refractivity contribution is 8.27. The van der Waals surface area contributed by atoms with Crippen LogP contribution in [0.3, 0.4) is 0 Å². The monoisotopic (exact) mass is 637 g/mol. The number of aromatic nitrogens is 2. The van der Waals surface area contributed by atoms with Crippen molar-refractivity contribution < 1.29 is 9.42 Å². The molecular formula is C32H37ClN4O2P3+. The van der Waals surface area contributed by atoms with E-state index in [2.05, 4.69) is 82.1 Å². The van der Waals surface area contributed by atoms with Crippen molar-refractivity contribution in [2.24, 2.45) is 0 Å². The normalized spacial score (nSPS) is 13.9. The molecule has 0 bridgehead atoms. The topological polar surface area (TPSA) is 61.7 Å². The van der Waals surface area contributed by atoms with E-state index in [0.717, 1.165) is 62.8 Å². The Labute approximate surface area is 257 Å². The minimum absolute atomic E-state index is 0.291. The molecule has 6 nitrogen and oxygen atoms in total. The van der Waals surface area contributed by atoms with Crippen molar-refractivity contribution in [3.05, 3.63) is 95.3 Å². The first-order valence-corrected chi connectivity index (χ1v) is 19.8. The zero-order valence-corrected chi connectivity index (χ0v) is 28.3. The summed E-state index contributed by atoms with van der Waals surface area (Å²) in [6, 6.07) is 24.1. The fraction of sp³-hybridized carbons (Fsp3) is 0.250. The molecule has 42 heavy (non-hydrogen) atoms. The molecule has 0 spiro atoms. The first kappa shape index (κ1) is 31.0. The van der Waals surface area contributed by atoms with Crippen LogP contribution in [0.2, 0.25) is 5.02 Å². The average molecular weight is 638 g/mol. The molecule has 5 rings (SSSR count). The predicted octanol–water partition coefficient (Wildman–Crippen LogP) is 9.07. The maximum absolute atomic E-state index is 10.8. The number of halogens is 1. The molecule has 3 unspecified atom stereocenters. The van der Waals surface area contributed by atoms with Crippen molar-refractivity contribution in [2.75, 3.05) is 31.1 Å². The number of aromatic hydroxyl groups is 1. The summed E-state index contributed by atoms with van der Waals surface area (Å²) in [5, 5.41) is 14.7. The van der Waals surface area contributed by atoms with Crippen LogP contribution in [0.4, 0.5) is 11.4 Å². The second-order valence-electron chi connectivity index (χ2n) is 10.4. The summed E-state index contributed by atoms with van der Waals surface area (Å²) in [5.74, 6) is 0.291. The van der Waals surface area contributed by atoms with Crippen molar-refractivity contribution in [2.45, 2.75) is 27.3 Å². The lowest BCUT2D eigenvalue weighted by molar-refractivity contribution is 0.291. The SMILES string of the molecule is CCN(CC)Cc1cc(N(c2cc(C)nc3cc(Cl)ccc23)P(C)O[P+](C)(P)c2cccc3cccnc23)ccc1O. The van der Waals surface area contributed by atoms with Gasteiger partial charge in [-0.2, -0.15) is 4.31 Å². The van der Waals surface area contributed by atoms with Crippen LogP contribution in [0.1, 0.15) is 25.1 Å². The number of para-hydroxylation sites is 1. The highest BCUT2D eigenvalue weighted by Gasteiger charge is 2.39. The van der Waals surface area contributed by atoms with E-state index in [9.17, 15) is 5.11 Å². The Morgan fingerprint density at radius 2 is 1.79 bits per heavy atom. The molecule has 0 aliphatic rings. The van der Waals surface area contributed by atoms with Gasteiger partial charge >= 0.3 is 0 Å². The van der Waals surface area contributed by atoms with Gasteiger partial charge in [-0.25, -0.2) is 0 Å². The molecule has 3 atom stereocenters. The van der Waals surface area contributed by atoms with E-state index in [0.29, 0.717) is 17.3 Å². The van der Waals surface area contributed by atoms with Gasteiger partial charge in [0.1, 0.15) is 11.3 Å². The van der Waals surface area contributed by atoms with Gasteiger partial charge in [0.2, 0.25) is 0 Å². The minimum Gasteiger partial charge on any atom is -0.508 e. The number of rotatable bonds is 10. The fourth-order valence-electron chi connectivity index (χ4n) is 5.23. The summed E-state index contributed by atoms with van der Waals surface area (Å²) in [5.41, 5.74) is 5.50. The van der Waals surface area contributed by atoms with Crippen LogP contribution in [0.15, 0.2) is 79.0 Å². The number of nitrogens with zero attached hydrogens (tertiary/aromatic N) is 4. The average Bonchev–Trinajstić information content (AvgIpc) is 2.96. The van der Waals surface area contributed by atoms with Crippen LogP contribution in [-0.4, -0.2) is 46.4 Å². The minimum atomic E-state index is -2.18. The molecule has 0 radical (unpaired) electrons. The van der Waals surface area contributed by atoms with Crippen molar-refractivity contribution >= 4 is 74.5 Å². The van der Waals surface area contributed by atoms with Gasteiger partial charge in [-0.15, -0.1) is 0 Å². The van der Waals surface area contributed by atoms with Crippen LogP contribution in [0.25, 0.3) is 21.8 Å². The maximum Gasteiger partial charge on any atom is 0.195 e. The van der Waals surface area contributed by atoms with Crippen LogP contribution < -0.4 is 9.97 Å². The van der Waals surface area contributed by atoms with Crippen molar-refractivity contribution in [3.63, 3.8) is 0 Å². The molecule has 1 N–H and O–H groups in total. The van der Waals surface area contributed by atoms with Gasteiger partial charge in [0.25, 0.3) is 0 Å². The van der Waals surface area contributed by atoms with Gasteiger partial charge in [0.05, 0.1) is 26.8 Å². The first-order valence-electron chi connectivity index (χ1n) is 13.9. The number of phenols is 1. The second-order valence-corrected chi connectivity index (χ2v) is 18.3. The number of phenolic OH excluding ortho intramolecular Hbond substituents is 1. The van der Waals surface area contributed by atoms with Crippen LogP contribution in [0.5, 0.6) is 5.75 Å². The molecule has 3 aromatic carbocycles. The Kier molecular flexibility index (Phi) is 9.65.